The Bertz CT molecular complexity index is 410. The molecule has 20 heavy (non-hydrogen) atoms. The topological polar surface area (TPSA) is 39.7 Å². The number of nitrogens with one attached hydrogen (secondary N) is 1. The maximum atomic E-state index is 5.78. The van der Waals surface area contributed by atoms with E-state index in [1.807, 2.05) is 0 Å². The minimum Gasteiger partial charge on any atom is -0.490 e. The van der Waals surface area contributed by atoms with Crippen LogP contribution in [0.1, 0.15) is 37.8 Å². The predicted molar refractivity (Wildman–Crippen MR) is 76.8 cm³/mol. The Kier molecular flexibility index (Phi) is 4.55. The first-order valence-corrected chi connectivity index (χ1v) is 7.58. The van der Waals surface area contributed by atoms with Gasteiger partial charge in [-0.1, -0.05) is 19.1 Å². The fourth-order valence-electron chi connectivity index (χ4n) is 2.48. The zero-order chi connectivity index (χ0) is 13.8. The van der Waals surface area contributed by atoms with E-state index in [0.29, 0.717) is 19.3 Å². The van der Waals surface area contributed by atoms with Gasteiger partial charge in [0, 0.05) is 12.5 Å². The van der Waals surface area contributed by atoms with Crippen LogP contribution >= 0.6 is 0 Å². The van der Waals surface area contributed by atoms with Gasteiger partial charge in [0.05, 0.1) is 19.3 Å². The first kappa shape index (κ1) is 13.9. The Morgan fingerprint density at radius 1 is 1.20 bits per heavy atom. The number of rotatable bonds is 7. The van der Waals surface area contributed by atoms with Crippen molar-refractivity contribution in [2.45, 2.75) is 44.6 Å². The molecule has 0 spiro atoms. The minimum absolute atomic E-state index is 0.0820. The summed E-state index contributed by atoms with van der Waals surface area (Å²) in [5.74, 6) is 0.972. The second-order valence-corrected chi connectivity index (χ2v) is 5.40. The van der Waals surface area contributed by atoms with E-state index < -0.39 is 0 Å². The zero-order valence-corrected chi connectivity index (χ0v) is 12.0. The third kappa shape index (κ3) is 3.72. The fourth-order valence-corrected chi connectivity index (χ4v) is 2.48. The molecule has 0 aromatic heterocycles. The Balaban J connectivity index is 1.62. The molecule has 3 rings (SSSR count). The average Bonchev–Trinajstić information content (AvgIpc) is 3.13. The monoisotopic (exact) mass is 277 g/mol. The highest BCUT2D eigenvalue weighted by atomic mass is 16.7. The molecule has 0 amide bonds. The van der Waals surface area contributed by atoms with Crippen LogP contribution in [-0.2, 0) is 9.47 Å². The summed E-state index contributed by atoms with van der Waals surface area (Å²) in [5.41, 5.74) is 1.26. The van der Waals surface area contributed by atoms with Crippen LogP contribution in [-0.4, -0.2) is 32.2 Å². The highest BCUT2D eigenvalue weighted by Crippen LogP contribution is 2.28. The van der Waals surface area contributed by atoms with Crippen molar-refractivity contribution in [1.29, 1.82) is 0 Å². The third-order valence-electron chi connectivity index (χ3n) is 3.68. The maximum Gasteiger partial charge on any atom is 0.159 e. The lowest BCUT2D eigenvalue weighted by molar-refractivity contribution is -0.0529. The van der Waals surface area contributed by atoms with Crippen LogP contribution in [0.4, 0.5) is 0 Å². The van der Waals surface area contributed by atoms with Crippen molar-refractivity contribution in [1.82, 2.24) is 5.32 Å². The van der Waals surface area contributed by atoms with Crippen molar-refractivity contribution in [2.24, 2.45) is 0 Å². The van der Waals surface area contributed by atoms with E-state index in [9.17, 15) is 0 Å². The van der Waals surface area contributed by atoms with Gasteiger partial charge >= 0.3 is 0 Å². The summed E-state index contributed by atoms with van der Waals surface area (Å²) >= 11 is 0. The average molecular weight is 277 g/mol. The van der Waals surface area contributed by atoms with Crippen molar-refractivity contribution < 1.29 is 14.2 Å². The SMILES string of the molecule is CCNC(CC1OCCO1)c1ccc(OC2CC2)cc1. The summed E-state index contributed by atoms with van der Waals surface area (Å²) in [6.07, 6.45) is 3.60. The predicted octanol–water partition coefficient (Wildman–Crippen LogP) is 2.64. The van der Waals surface area contributed by atoms with Crippen molar-refractivity contribution in [3.8, 4) is 5.75 Å². The molecule has 110 valence electrons. The zero-order valence-electron chi connectivity index (χ0n) is 12.0. The van der Waals surface area contributed by atoms with Gasteiger partial charge in [0.25, 0.3) is 0 Å². The summed E-state index contributed by atoms with van der Waals surface area (Å²) in [4.78, 5) is 0. The fraction of sp³-hybridized carbons (Fsp3) is 0.625. The molecule has 4 nitrogen and oxygen atoms in total. The standard InChI is InChI=1S/C16H23NO3/c1-2-17-15(11-16-18-9-10-19-16)12-3-5-13(6-4-12)20-14-7-8-14/h3-6,14-17H,2,7-11H2,1H3. The van der Waals surface area contributed by atoms with Gasteiger partial charge in [-0.3, -0.25) is 0 Å². The van der Waals surface area contributed by atoms with E-state index in [2.05, 4.69) is 36.5 Å². The van der Waals surface area contributed by atoms with Gasteiger partial charge in [-0.05, 0) is 37.1 Å². The van der Waals surface area contributed by atoms with Crippen molar-refractivity contribution >= 4 is 0 Å². The molecular formula is C16H23NO3. The lowest BCUT2D eigenvalue weighted by atomic mass is 10.0. The molecule has 2 aliphatic rings. The van der Waals surface area contributed by atoms with Gasteiger partial charge < -0.3 is 19.5 Å². The van der Waals surface area contributed by atoms with Crippen molar-refractivity contribution in [3.05, 3.63) is 29.8 Å². The molecule has 1 atom stereocenters. The van der Waals surface area contributed by atoms with Gasteiger partial charge in [0.2, 0.25) is 0 Å². The number of benzene rings is 1. The first-order chi connectivity index (χ1) is 9.85. The lowest BCUT2D eigenvalue weighted by Crippen LogP contribution is -2.25. The molecule has 1 aromatic rings. The Morgan fingerprint density at radius 3 is 2.50 bits per heavy atom. The number of hydrogen-bond acceptors (Lipinski definition) is 4. The van der Waals surface area contributed by atoms with E-state index in [0.717, 1.165) is 18.7 Å². The van der Waals surface area contributed by atoms with Gasteiger partial charge in [-0.15, -0.1) is 0 Å². The maximum absolute atomic E-state index is 5.78. The molecule has 1 N–H and O–H groups in total. The molecule has 1 unspecified atom stereocenters. The summed E-state index contributed by atoms with van der Waals surface area (Å²) in [6, 6.07) is 8.67. The van der Waals surface area contributed by atoms with Crippen molar-refractivity contribution in [2.75, 3.05) is 19.8 Å². The normalized spacial score (nSPS) is 21.1. The molecule has 0 radical (unpaired) electrons. The third-order valence-corrected chi connectivity index (χ3v) is 3.68. The summed E-state index contributed by atoms with van der Waals surface area (Å²) in [6.45, 7) is 4.46. The molecule has 4 heteroatoms. The molecule has 0 bridgehead atoms. The van der Waals surface area contributed by atoms with Crippen LogP contribution < -0.4 is 10.1 Å². The molecule has 1 aromatic carbocycles. The molecule has 1 heterocycles. The van der Waals surface area contributed by atoms with Crippen LogP contribution in [0.2, 0.25) is 0 Å². The smallest absolute Gasteiger partial charge is 0.159 e. The quantitative estimate of drug-likeness (QED) is 0.831. The van der Waals surface area contributed by atoms with Crippen LogP contribution in [0.25, 0.3) is 0 Å². The van der Waals surface area contributed by atoms with E-state index in [1.165, 1.54) is 18.4 Å². The summed E-state index contributed by atoms with van der Waals surface area (Å²) in [7, 11) is 0. The van der Waals surface area contributed by atoms with E-state index in [1.54, 1.807) is 0 Å². The van der Waals surface area contributed by atoms with Gasteiger partial charge in [-0.2, -0.15) is 0 Å². The van der Waals surface area contributed by atoms with Crippen molar-refractivity contribution in [3.63, 3.8) is 0 Å². The lowest BCUT2D eigenvalue weighted by Gasteiger charge is -2.21. The van der Waals surface area contributed by atoms with Gasteiger partial charge in [-0.25, -0.2) is 0 Å². The summed E-state index contributed by atoms with van der Waals surface area (Å²) in [5, 5.41) is 3.50. The van der Waals surface area contributed by atoms with Crippen LogP contribution in [0.5, 0.6) is 5.75 Å². The molecular weight excluding hydrogens is 254 g/mol. The summed E-state index contributed by atoms with van der Waals surface area (Å²) < 4.78 is 16.9. The Hall–Kier alpha value is -1.10. The Labute approximate surface area is 120 Å². The highest BCUT2D eigenvalue weighted by Gasteiger charge is 2.24. The van der Waals surface area contributed by atoms with E-state index in [-0.39, 0.29) is 12.3 Å². The van der Waals surface area contributed by atoms with Crippen LogP contribution in [0, 0.1) is 0 Å². The first-order valence-electron chi connectivity index (χ1n) is 7.58. The van der Waals surface area contributed by atoms with E-state index >= 15 is 0 Å². The second-order valence-electron chi connectivity index (χ2n) is 5.40. The second kappa shape index (κ2) is 6.57. The number of hydrogen-bond donors (Lipinski definition) is 1. The Morgan fingerprint density at radius 2 is 1.90 bits per heavy atom. The van der Waals surface area contributed by atoms with Crippen LogP contribution in [0.3, 0.4) is 0 Å². The molecule has 2 fully saturated rings. The van der Waals surface area contributed by atoms with Gasteiger partial charge in [0.1, 0.15) is 5.75 Å². The number of ether oxygens (including phenoxy) is 3. The highest BCUT2D eigenvalue weighted by molar-refractivity contribution is 5.29. The van der Waals surface area contributed by atoms with Crippen LogP contribution in [0.15, 0.2) is 24.3 Å². The van der Waals surface area contributed by atoms with E-state index in [4.69, 9.17) is 14.2 Å². The molecule has 1 saturated heterocycles. The van der Waals surface area contributed by atoms with Gasteiger partial charge in [0.15, 0.2) is 6.29 Å². The largest absolute Gasteiger partial charge is 0.490 e. The molecule has 1 aliphatic heterocycles. The molecule has 1 saturated carbocycles. The molecule has 1 aliphatic carbocycles. The minimum atomic E-state index is -0.0820.